The van der Waals surface area contributed by atoms with Crippen LogP contribution in [0, 0.1) is 24.7 Å². The summed E-state index contributed by atoms with van der Waals surface area (Å²) in [6, 6.07) is 3.75. The zero-order valence-electron chi connectivity index (χ0n) is 13.5. The van der Waals surface area contributed by atoms with E-state index < -0.39 is 0 Å². The second-order valence-electron chi connectivity index (χ2n) is 7.07. The first-order valence-electron chi connectivity index (χ1n) is 8.63. The molecule has 1 aromatic rings. The third-order valence-corrected chi connectivity index (χ3v) is 5.35. The molecule has 4 atom stereocenters. The molecule has 4 unspecified atom stereocenters. The number of fused-ring (bicyclic) bond motifs is 2. The molecule has 0 radical (unpaired) electrons. The van der Waals surface area contributed by atoms with Crippen LogP contribution in [0.15, 0.2) is 24.3 Å². The molecule has 5 heteroatoms. The van der Waals surface area contributed by atoms with Crippen LogP contribution >= 0.6 is 0 Å². The predicted octanol–water partition coefficient (Wildman–Crippen LogP) is 2.37. The first kappa shape index (κ1) is 14.7. The van der Waals surface area contributed by atoms with Crippen LogP contribution in [0.3, 0.4) is 0 Å². The molecule has 23 heavy (non-hydrogen) atoms. The second kappa shape index (κ2) is 5.95. The molecule has 2 bridgehead atoms. The van der Waals surface area contributed by atoms with E-state index in [1.807, 2.05) is 24.0 Å². The zero-order chi connectivity index (χ0) is 15.8. The van der Waals surface area contributed by atoms with Gasteiger partial charge < -0.3 is 9.64 Å². The number of aryl methyl sites for hydroxylation is 1. The average Bonchev–Trinajstić information content (AvgIpc) is 3.20. The van der Waals surface area contributed by atoms with Crippen molar-refractivity contribution < 1.29 is 9.53 Å². The number of allylic oxidation sites excluding steroid dienone is 2. The molecule has 1 aromatic heterocycles. The summed E-state index contributed by atoms with van der Waals surface area (Å²) < 4.78 is 5.93. The number of likely N-dealkylation sites (tertiary alicyclic amines) is 1. The quantitative estimate of drug-likeness (QED) is 0.804. The largest absolute Gasteiger partial charge is 0.471 e. The van der Waals surface area contributed by atoms with Crippen LogP contribution in [0.5, 0.6) is 5.88 Å². The Hall–Kier alpha value is -1.91. The maximum atomic E-state index is 12.8. The predicted molar refractivity (Wildman–Crippen MR) is 85.8 cm³/mol. The van der Waals surface area contributed by atoms with E-state index in [-0.39, 0.29) is 12.0 Å². The summed E-state index contributed by atoms with van der Waals surface area (Å²) in [5.41, 5.74) is 0.877. The van der Waals surface area contributed by atoms with Crippen molar-refractivity contribution in [1.82, 2.24) is 15.1 Å². The second-order valence-corrected chi connectivity index (χ2v) is 7.07. The standard InChI is InChI=1S/C18H23N3O2/c1-12-4-7-17(20-19-12)23-15-3-2-8-21(11-15)18(22)16-10-13-5-6-14(16)9-13/h4-7,13-16H,2-3,8-11H2,1H3. The van der Waals surface area contributed by atoms with Crippen molar-refractivity contribution >= 4 is 5.91 Å². The molecule has 0 spiro atoms. The first-order chi connectivity index (χ1) is 11.2. The van der Waals surface area contributed by atoms with E-state index in [1.165, 1.54) is 6.42 Å². The lowest BCUT2D eigenvalue weighted by Crippen LogP contribution is -2.47. The van der Waals surface area contributed by atoms with Crippen LogP contribution in [-0.2, 0) is 4.79 Å². The molecular formula is C18H23N3O2. The summed E-state index contributed by atoms with van der Waals surface area (Å²) in [7, 11) is 0. The maximum Gasteiger partial charge on any atom is 0.233 e. The van der Waals surface area contributed by atoms with Crippen LogP contribution in [0.25, 0.3) is 0 Å². The number of ether oxygens (including phenoxy) is 1. The van der Waals surface area contributed by atoms with Crippen LogP contribution in [-0.4, -0.2) is 40.2 Å². The van der Waals surface area contributed by atoms with E-state index in [0.717, 1.165) is 31.5 Å². The molecule has 5 nitrogen and oxygen atoms in total. The summed E-state index contributed by atoms with van der Waals surface area (Å²) in [6.07, 6.45) is 8.72. The van der Waals surface area contributed by atoms with Crippen molar-refractivity contribution in [2.24, 2.45) is 17.8 Å². The summed E-state index contributed by atoms with van der Waals surface area (Å²) in [6.45, 7) is 3.43. The molecule has 0 aromatic carbocycles. The molecule has 4 rings (SSSR count). The van der Waals surface area contributed by atoms with Gasteiger partial charge in [0.1, 0.15) is 6.10 Å². The fourth-order valence-corrected chi connectivity index (χ4v) is 4.15. The van der Waals surface area contributed by atoms with Gasteiger partial charge in [0.05, 0.1) is 12.2 Å². The molecule has 2 heterocycles. The van der Waals surface area contributed by atoms with Gasteiger partial charge in [-0.25, -0.2) is 0 Å². The minimum absolute atomic E-state index is 0.0267. The van der Waals surface area contributed by atoms with Gasteiger partial charge in [-0.15, -0.1) is 5.10 Å². The molecule has 1 aliphatic heterocycles. The third kappa shape index (κ3) is 2.96. The van der Waals surface area contributed by atoms with Crippen molar-refractivity contribution in [2.75, 3.05) is 13.1 Å². The molecule has 2 fully saturated rings. The van der Waals surface area contributed by atoms with Crippen molar-refractivity contribution in [1.29, 1.82) is 0 Å². The lowest BCUT2D eigenvalue weighted by molar-refractivity contribution is -0.139. The fourth-order valence-electron chi connectivity index (χ4n) is 4.15. The van der Waals surface area contributed by atoms with E-state index >= 15 is 0 Å². The lowest BCUT2D eigenvalue weighted by atomic mass is 9.91. The number of hydrogen-bond acceptors (Lipinski definition) is 4. The maximum absolute atomic E-state index is 12.8. The number of carbonyl (C=O) groups is 1. The van der Waals surface area contributed by atoms with Gasteiger partial charge in [-0.2, -0.15) is 5.10 Å². The minimum atomic E-state index is 0.0267. The molecule has 0 N–H and O–H groups in total. The molecule has 3 aliphatic rings. The zero-order valence-corrected chi connectivity index (χ0v) is 13.5. The van der Waals surface area contributed by atoms with Crippen LogP contribution in [0.4, 0.5) is 0 Å². The van der Waals surface area contributed by atoms with Crippen LogP contribution < -0.4 is 4.74 Å². The fraction of sp³-hybridized carbons (Fsp3) is 0.611. The number of carbonyl (C=O) groups excluding carboxylic acids is 1. The van der Waals surface area contributed by atoms with E-state index in [0.29, 0.717) is 30.2 Å². The molecule has 122 valence electrons. The number of hydrogen-bond donors (Lipinski definition) is 0. The average molecular weight is 313 g/mol. The molecular weight excluding hydrogens is 290 g/mol. The van der Waals surface area contributed by atoms with Crippen molar-refractivity contribution in [3.63, 3.8) is 0 Å². The van der Waals surface area contributed by atoms with Crippen molar-refractivity contribution in [3.8, 4) is 5.88 Å². The number of nitrogens with zero attached hydrogens (tertiary/aromatic N) is 3. The van der Waals surface area contributed by atoms with E-state index in [4.69, 9.17) is 4.74 Å². The lowest BCUT2D eigenvalue weighted by Gasteiger charge is -2.35. The van der Waals surface area contributed by atoms with Crippen molar-refractivity contribution in [2.45, 2.75) is 38.7 Å². The Morgan fingerprint density at radius 3 is 2.87 bits per heavy atom. The highest BCUT2D eigenvalue weighted by Crippen LogP contribution is 2.44. The van der Waals surface area contributed by atoms with Crippen molar-refractivity contribution in [3.05, 3.63) is 30.0 Å². The number of aromatic nitrogens is 2. The highest BCUT2D eigenvalue weighted by Gasteiger charge is 2.42. The highest BCUT2D eigenvalue weighted by atomic mass is 16.5. The number of amides is 1. The number of rotatable bonds is 3. The minimum Gasteiger partial charge on any atom is -0.471 e. The summed E-state index contributed by atoms with van der Waals surface area (Å²) in [4.78, 5) is 14.9. The van der Waals surface area contributed by atoms with Gasteiger partial charge in [-0.05, 0) is 50.5 Å². The van der Waals surface area contributed by atoms with Crippen LogP contribution in [0.1, 0.15) is 31.4 Å². The van der Waals surface area contributed by atoms with Gasteiger partial charge in [0.2, 0.25) is 11.8 Å². The molecule has 2 aliphatic carbocycles. The smallest absolute Gasteiger partial charge is 0.233 e. The molecule has 1 saturated carbocycles. The van der Waals surface area contributed by atoms with Gasteiger partial charge in [-0.1, -0.05) is 12.2 Å². The summed E-state index contributed by atoms with van der Waals surface area (Å²) in [5.74, 6) is 2.18. The molecule has 1 saturated heterocycles. The normalized spacial score (nSPS) is 32.3. The Bertz CT molecular complexity index is 613. The highest BCUT2D eigenvalue weighted by molar-refractivity contribution is 5.80. The van der Waals surface area contributed by atoms with Gasteiger partial charge in [0, 0.05) is 18.5 Å². The summed E-state index contributed by atoms with van der Waals surface area (Å²) >= 11 is 0. The topological polar surface area (TPSA) is 55.3 Å². The Kier molecular flexibility index (Phi) is 3.79. The molecule has 1 amide bonds. The van der Waals surface area contributed by atoms with Gasteiger partial charge in [0.25, 0.3) is 0 Å². The van der Waals surface area contributed by atoms with Gasteiger partial charge >= 0.3 is 0 Å². The monoisotopic (exact) mass is 313 g/mol. The number of piperidine rings is 1. The Labute approximate surface area is 136 Å². The Morgan fingerprint density at radius 2 is 2.17 bits per heavy atom. The van der Waals surface area contributed by atoms with E-state index in [1.54, 1.807) is 0 Å². The van der Waals surface area contributed by atoms with Gasteiger partial charge in [-0.3, -0.25) is 4.79 Å². The van der Waals surface area contributed by atoms with E-state index in [2.05, 4.69) is 22.3 Å². The van der Waals surface area contributed by atoms with E-state index in [9.17, 15) is 4.79 Å². The first-order valence-corrected chi connectivity index (χ1v) is 8.63. The third-order valence-electron chi connectivity index (χ3n) is 5.35. The Balaban J connectivity index is 1.38. The Morgan fingerprint density at radius 1 is 1.26 bits per heavy atom. The SMILES string of the molecule is Cc1ccc(OC2CCCN(C(=O)C3CC4C=CC3C4)C2)nn1. The summed E-state index contributed by atoms with van der Waals surface area (Å²) in [5, 5.41) is 8.09. The van der Waals surface area contributed by atoms with Crippen LogP contribution in [0.2, 0.25) is 0 Å². The van der Waals surface area contributed by atoms with Gasteiger partial charge in [0.15, 0.2) is 0 Å².